The maximum Gasteiger partial charge on any atom is 0.264 e. The van der Waals surface area contributed by atoms with Gasteiger partial charge in [0.05, 0.1) is 18.0 Å². The van der Waals surface area contributed by atoms with E-state index in [1.807, 2.05) is 75.4 Å². The lowest BCUT2D eigenvalue weighted by Crippen LogP contribution is -2.39. The number of hydrogen-bond donors (Lipinski definition) is 1. The Balaban J connectivity index is 1.44. The van der Waals surface area contributed by atoms with Crippen molar-refractivity contribution in [3.05, 3.63) is 72.6 Å². The number of para-hydroxylation sites is 1. The number of likely N-dealkylation sites (tertiary alicyclic amines) is 1. The molecule has 1 fully saturated rings. The number of benzene rings is 2. The van der Waals surface area contributed by atoms with Crippen LogP contribution in [0.5, 0.6) is 11.5 Å². The molecule has 39 heavy (non-hydrogen) atoms. The average Bonchev–Trinajstić information content (AvgIpc) is 3.53. The third kappa shape index (κ3) is 5.60. The lowest BCUT2D eigenvalue weighted by molar-refractivity contribution is -0.127. The summed E-state index contributed by atoms with van der Waals surface area (Å²) >= 11 is 0. The van der Waals surface area contributed by atoms with E-state index in [2.05, 4.69) is 16.0 Å². The van der Waals surface area contributed by atoms with Crippen molar-refractivity contribution in [3.63, 3.8) is 0 Å². The highest BCUT2D eigenvalue weighted by atomic mass is 16.5. The van der Waals surface area contributed by atoms with Crippen LogP contribution in [0.15, 0.2) is 72.6 Å². The van der Waals surface area contributed by atoms with Crippen molar-refractivity contribution < 1.29 is 9.53 Å². The van der Waals surface area contributed by atoms with Crippen LogP contribution in [-0.2, 0) is 11.3 Å². The number of carbonyl (C=O) groups excluding carboxylic acids is 1. The summed E-state index contributed by atoms with van der Waals surface area (Å²) in [4.78, 5) is 23.8. The Kier molecular flexibility index (Phi) is 7.03. The van der Waals surface area contributed by atoms with Crippen molar-refractivity contribution >= 4 is 22.8 Å². The Labute approximate surface area is 227 Å². The standard InChI is InChI=1S/C30H31N7O2/c1-30(2,3)16-21(17-31)29(38)36-15-7-8-22(36)18-37-28-25(27(32)33-19-34-28)26(35-37)20-11-13-24(14-12-20)39-23-9-5-4-6-10-23/h4-6,9-14,16,19,22H,7-8,15,18H2,1-3H3,(H2,32,33,34)/b21-16-. The van der Waals surface area contributed by atoms with E-state index in [0.717, 1.165) is 24.2 Å². The molecule has 1 aliphatic heterocycles. The van der Waals surface area contributed by atoms with Gasteiger partial charge in [0.15, 0.2) is 5.65 Å². The second-order valence-corrected chi connectivity index (χ2v) is 10.8. The van der Waals surface area contributed by atoms with Crippen LogP contribution in [0, 0.1) is 16.7 Å². The van der Waals surface area contributed by atoms with Crippen LogP contribution in [0.2, 0.25) is 0 Å². The van der Waals surface area contributed by atoms with Gasteiger partial charge in [0.1, 0.15) is 41.0 Å². The van der Waals surface area contributed by atoms with Crippen LogP contribution in [0.1, 0.15) is 33.6 Å². The molecule has 9 heteroatoms. The number of aromatic nitrogens is 4. The van der Waals surface area contributed by atoms with Gasteiger partial charge in [0.2, 0.25) is 0 Å². The molecule has 0 aliphatic carbocycles. The van der Waals surface area contributed by atoms with E-state index in [0.29, 0.717) is 41.4 Å². The third-order valence-corrected chi connectivity index (χ3v) is 6.62. The van der Waals surface area contributed by atoms with Crippen molar-refractivity contribution in [1.29, 1.82) is 5.26 Å². The van der Waals surface area contributed by atoms with Crippen molar-refractivity contribution in [1.82, 2.24) is 24.6 Å². The Bertz CT molecular complexity index is 1560. The number of ether oxygens (including phenoxy) is 1. The van der Waals surface area contributed by atoms with Gasteiger partial charge >= 0.3 is 0 Å². The van der Waals surface area contributed by atoms with E-state index < -0.39 is 0 Å². The molecule has 1 saturated heterocycles. The van der Waals surface area contributed by atoms with Crippen molar-refractivity contribution in [2.45, 2.75) is 46.2 Å². The molecular weight excluding hydrogens is 490 g/mol. The predicted octanol–water partition coefficient (Wildman–Crippen LogP) is 5.35. The number of rotatable bonds is 6. The van der Waals surface area contributed by atoms with Gasteiger partial charge in [-0.15, -0.1) is 0 Å². The van der Waals surface area contributed by atoms with Crippen LogP contribution in [-0.4, -0.2) is 43.1 Å². The highest BCUT2D eigenvalue weighted by Crippen LogP contribution is 2.33. The summed E-state index contributed by atoms with van der Waals surface area (Å²) < 4.78 is 7.73. The Morgan fingerprint density at radius 3 is 2.54 bits per heavy atom. The van der Waals surface area contributed by atoms with Crippen LogP contribution in [0.3, 0.4) is 0 Å². The molecule has 5 rings (SSSR count). The minimum atomic E-state index is -0.279. The fraction of sp³-hybridized carbons (Fsp3) is 0.300. The van der Waals surface area contributed by atoms with Crippen molar-refractivity contribution in [2.75, 3.05) is 12.3 Å². The molecule has 2 N–H and O–H groups in total. The molecule has 2 aromatic heterocycles. The average molecular weight is 522 g/mol. The molecular formula is C30H31N7O2. The molecule has 1 amide bonds. The minimum absolute atomic E-state index is 0.122. The minimum Gasteiger partial charge on any atom is -0.457 e. The van der Waals surface area contributed by atoms with E-state index in [9.17, 15) is 10.1 Å². The Morgan fingerprint density at radius 1 is 1.13 bits per heavy atom. The molecule has 1 unspecified atom stereocenters. The summed E-state index contributed by atoms with van der Waals surface area (Å²) in [6, 6.07) is 19.2. The molecule has 3 heterocycles. The largest absolute Gasteiger partial charge is 0.457 e. The fourth-order valence-electron chi connectivity index (χ4n) is 4.89. The van der Waals surface area contributed by atoms with E-state index in [-0.39, 0.29) is 22.9 Å². The SMILES string of the molecule is CC(C)(C)/C=C(/C#N)C(=O)N1CCCC1Cn1nc(-c2ccc(Oc3ccccc3)cc2)c2c(N)ncnc21. The van der Waals surface area contributed by atoms with Crippen molar-refractivity contribution in [2.24, 2.45) is 5.41 Å². The first-order valence-corrected chi connectivity index (χ1v) is 13.0. The first-order chi connectivity index (χ1) is 18.7. The van der Waals surface area contributed by atoms with Gasteiger partial charge in [-0.1, -0.05) is 45.0 Å². The first kappa shape index (κ1) is 25.9. The van der Waals surface area contributed by atoms with E-state index in [4.69, 9.17) is 15.6 Å². The van der Waals surface area contributed by atoms with Gasteiger partial charge in [0, 0.05) is 12.1 Å². The second-order valence-electron chi connectivity index (χ2n) is 10.8. The highest BCUT2D eigenvalue weighted by molar-refractivity contribution is 5.99. The van der Waals surface area contributed by atoms with Gasteiger partial charge in [-0.2, -0.15) is 10.4 Å². The molecule has 2 aromatic carbocycles. The van der Waals surface area contributed by atoms with Gasteiger partial charge in [-0.05, 0) is 54.7 Å². The highest BCUT2D eigenvalue weighted by Gasteiger charge is 2.32. The summed E-state index contributed by atoms with van der Waals surface area (Å²) in [6.45, 7) is 6.95. The summed E-state index contributed by atoms with van der Waals surface area (Å²) in [6.07, 6.45) is 4.83. The zero-order valence-electron chi connectivity index (χ0n) is 22.3. The van der Waals surface area contributed by atoms with Gasteiger partial charge in [-0.25, -0.2) is 14.6 Å². The van der Waals surface area contributed by atoms with Gasteiger partial charge in [-0.3, -0.25) is 4.79 Å². The van der Waals surface area contributed by atoms with E-state index in [1.54, 1.807) is 15.7 Å². The molecule has 0 radical (unpaired) electrons. The number of nitrogens with zero attached hydrogens (tertiary/aromatic N) is 6. The number of amides is 1. The van der Waals surface area contributed by atoms with Gasteiger partial charge in [0.25, 0.3) is 5.91 Å². The quantitative estimate of drug-likeness (QED) is 0.268. The predicted molar refractivity (Wildman–Crippen MR) is 150 cm³/mol. The number of nitrogen functional groups attached to an aromatic ring is 1. The topological polar surface area (TPSA) is 123 Å². The zero-order valence-corrected chi connectivity index (χ0v) is 22.3. The van der Waals surface area contributed by atoms with Crippen LogP contribution < -0.4 is 10.5 Å². The molecule has 0 bridgehead atoms. The van der Waals surface area contributed by atoms with Crippen LogP contribution in [0.4, 0.5) is 5.82 Å². The first-order valence-electron chi connectivity index (χ1n) is 13.0. The smallest absolute Gasteiger partial charge is 0.264 e. The lowest BCUT2D eigenvalue weighted by atomic mass is 9.93. The normalized spacial score (nSPS) is 15.9. The number of fused-ring (bicyclic) bond motifs is 1. The number of nitriles is 1. The Morgan fingerprint density at radius 2 is 1.85 bits per heavy atom. The van der Waals surface area contributed by atoms with Crippen molar-refractivity contribution in [3.8, 4) is 28.8 Å². The third-order valence-electron chi connectivity index (χ3n) is 6.62. The molecule has 4 aromatic rings. The molecule has 9 nitrogen and oxygen atoms in total. The molecule has 1 atom stereocenters. The molecule has 0 spiro atoms. The summed E-state index contributed by atoms with van der Waals surface area (Å²) in [5.41, 5.74) is 8.31. The number of carbonyl (C=O) groups is 1. The van der Waals surface area contributed by atoms with Crippen LogP contribution >= 0.6 is 0 Å². The summed E-state index contributed by atoms with van der Waals surface area (Å²) in [7, 11) is 0. The lowest BCUT2D eigenvalue weighted by Gasteiger charge is -2.25. The number of allylic oxidation sites excluding steroid dienone is 1. The molecule has 1 aliphatic rings. The number of nitrogens with two attached hydrogens (primary N) is 1. The second kappa shape index (κ2) is 10.6. The monoisotopic (exact) mass is 521 g/mol. The summed E-state index contributed by atoms with van der Waals surface area (Å²) in [5.74, 6) is 1.56. The zero-order chi connectivity index (χ0) is 27.6. The maximum absolute atomic E-state index is 13.3. The fourth-order valence-corrected chi connectivity index (χ4v) is 4.89. The Hall–Kier alpha value is -4.71. The van der Waals surface area contributed by atoms with E-state index >= 15 is 0 Å². The number of hydrogen-bond acceptors (Lipinski definition) is 7. The molecule has 198 valence electrons. The van der Waals surface area contributed by atoms with Gasteiger partial charge < -0.3 is 15.4 Å². The number of anilines is 1. The van der Waals surface area contributed by atoms with Crippen LogP contribution in [0.25, 0.3) is 22.3 Å². The van der Waals surface area contributed by atoms with E-state index in [1.165, 1.54) is 6.33 Å². The maximum atomic E-state index is 13.3. The molecule has 0 saturated carbocycles. The summed E-state index contributed by atoms with van der Waals surface area (Å²) in [5, 5.41) is 15.2.